The molecule has 1 N–H and O–H groups in total. The molecule has 2 aromatic carbocycles. The van der Waals surface area contributed by atoms with Gasteiger partial charge in [0.15, 0.2) is 0 Å². The van der Waals surface area contributed by atoms with Gasteiger partial charge in [0.1, 0.15) is 0 Å². The van der Waals surface area contributed by atoms with Gasteiger partial charge in [-0.05, 0) is 24.3 Å². The SMILES string of the molecule is FC(F)(F)c1ccc(-c2cc3nc(C(F)(F)F)[nH]c3cc2Cl)c(Cl)c1. The molecule has 25 heavy (non-hydrogen) atoms. The van der Waals surface area contributed by atoms with Crippen LogP contribution in [0.15, 0.2) is 30.3 Å². The fourth-order valence-electron chi connectivity index (χ4n) is 2.28. The van der Waals surface area contributed by atoms with Gasteiger partial charge in [0.25, 0.3) is 0 Å². The number of alkyl halides is 6. The first-order valence-electron chi connectivity index (χ1n) is 6.60. The maximum absolute atomic E-state index is 12.7. The third-order valence-electron chi connectivity index (χ3n) is 3.43. The van der Waals surface area contributed by atoms with Gasteiger partial charge in [-0.3, -0.25) is 0 Å². The lowest BCUT2D eigenvalue weighted by Gasteiger charge is -2.11. The van der Waals surface area contributed by atoms with Gasteiger partial charge in [-0.15, -0.1) is 0 Å². The lowest BCUT2D eigenvalue weighted by molar-refractivity contribution is -0.144. The molecule has 0 atom stereocenters. The predicted molar refractivity (Wildman–Crippen MR) is 81.6 cm³/mol. The number of fused-ring (bicyclic) bond motifs is 1. The quantitative estimate of drug-likeness (QED) is 0.461. The fraction of sp³-hybridized carbons (Fsp3) is 0.133. The van der Waals surface area contributed by atoms with Crippen molar-refractivity contribution in [3.8, 4) is 11.1 Å². The third kappa shape index (κ3) is 3.41. The largest absolute Gasteiger partial charge is 0.449 e. The van der Waals surface area contributed by atoms with Crippen LogP contribution in [-0.4, -0.2) is 9.97 Å². The van der Waals surface area contributed by atoms with Crippen LogP contribution in [0.4, 0.5) is 26.3 Å². The Hall–Kier alpha value is -1.93. The van der Waals surface area contributed by atoms with E-state index in [4.69, 9.17) is 23.2 Å². The second kappa shape index (κ2) is 5.81. The summed E-state index contributed by atoms with van der Waals surface area (Å²) < 4.78 is 76.2. The van der Waals surface area contributed by atoms with E-state index in [0.29, 0.717) is 0 Å². The number of nitrogens with one attached hydrogen (secondary N) is 1. The smallest absolute Gasteiger partial charge is 0.334 e. The zero-order valence-electron chi connectivity index (χ0n) is 11.9. The Bertz CT molecular complexity index is 959. The van der Waals surface area contributed by atoms with Crippen LogP contribution in [0.1, 0.15) is 11.4 Å². The summed E-state index contributed by atoms with van der Waals surface area (Å²) in [6.45, 7) is 0. The molecule has 132 valence electrons. The van der Waals surface area contributed by atoms with Crippen molar-refractivity contribution in [1.29, 1.82) is 0 Å². The topological polar surface area (TPSA) is 28.7 Å². The minimum Gasteiger partial charge on any atom is -0.334 e. The van der Waals surface area contributed by atoms with E-state index in [1.165, 1.54) is 12.1 Å². The summed E-state index contributed by atoms with van der Waals surface area (Å²) in [7, 11) is 0. The fourth-order valence-corrected chi connectivity index (χ4v) is 2.83. The van der Waals surface area contributed by atoms with Gasteiger partial charge in [0.05, 0.1) is 21.6 Å². The molecule has 1 heterocycles. The van der Waals surface area contributed by atoms with Crippen molar-refractivity contribution in [2.75, 3.05) is 0 Å². The molecule has 3 rings (SSSR count). The van der Waals surface area contributed by atoms with Crippen molar-refractivity contribution in [1.82, 2.24) is 9.97 Å². The Kier molecular flexibility index (Phi) is 4.15. The number of aromatic amines is 1. The number of hydrogen-bond donors (Lipinski definition) is 1. The molecular weight excluding hydrogens is 393 g/mol. The maximum atomic E-state index is 12.7. The molecule has 0 aliphatic heterocycles. The van der Waals surface area contributed by atoms with Crippen molar-refractivity contribution in [2.45, 2.75) is 12.4 Å². The van der Waals surface area contributed by atoms with E-state index in [2.05, 4.69) is 9.97 Å². The Morgan fingerprint density at radius 3 is 2.00 bits per heavy atom. The number of halogens is 8. The van der Waals surface area contributed by atoms with Crippen molar-refractivity contribution >= 4 is 34.2 Å². The second-order valence-electron chi connectivity index (χ2n) is 5.12. The Morgan fingerprint density at radius 1 is 0.800 bits per heavy atom. The van der Waals surface area contributed by atoms with Crippen LogP contribution in [0.3, 0.4) is 0 Å². The number of imidazole rings is 1. The molecule has 0 unspecified atom stereocenters. The molecule has 0 amide bonds. The summed E-state index contributed by atoms with van der Waals surface area (Å²) in [5.74, 6) is -1.20. The minimum atomic E-state index is -4.67. The highest BCUT2D eigenvalue weighted by Crippen LogP contribution is 2.39. The van der Waals surface area contributed by atoms with Gasteiger partial charge in [0.2, 0.25) is 5.82 Å². The molecule has 1 aromatic heterocycles. The number of nitrogens with zero attached hydrogens (tertiary/aromatic N) is 1. The van der Waals surface area contributed by atoms with Gasteiger partial charge in [0, 0.05) is 16.1 Å². The standard InChI is InChI=1S/C15H6Cl2F6N2/c16-9-3-6(14(18,19)20)1-2-7(9)8-4-11-12(5-10(8)17)25-13(24-11)15(21,22)23/h1-5H,(H,24,25). The van der Waals surface area contributed by atoms with Crippen molar-refractivity contribution in [2.24, 2.45) is 0 Å². The Labute approximate surface area is 146 Å². The highest BCUT2D eigenvalue weighted by molar-refractivity contribution is 6.37. The van der Waals surface area contributed by atoms with E-state index in [-0.39, 0.29) is 32.2 Å². The molecule has 3 aromatic rings. The number of rotatable bonds is 1. The Balaban J connectivity index is 2.14. The first-order valence-corrected chi connectivity index (χ1v) is 7.36. The first kappa shape index (κ1) is 17.9. The molecule has 0 saturated heterocycles. The monoisotopic (exact) mass is 398 g/mol. The molecule has 0 spiro atoms. The molecule has 10 heteroatoms. The normalized spacial score (nSPS) is 12.8. The van der Waals surface area contributed by atoms with E-state index >= 15 is 0 Å². The van der Waals surface area contributed by atoms with E-state index in [0.717, 1.165) is 18.2 Å². The van der Waals surface area contributed by atoms with Crippen molar-refractivity contribution in [3.05, 3.63) is 51.8 Å². The van der Waals surface area contributed by atoms with Crippen LogP contribution in [0.25, 0.3) is 22.2 Å². The molecule has 0 bridgehead atoms. The maximum Gasteiger partial charge on any atom is 0.449 e. The minimum absolute atomic E-state index is 0.0199. The summed E-state index contributed by atoms with van der Waals surface area (Å²) in [6.07, 6.45) is -9.24. The summed E-state index contributed by atoms with van der Waals surface area (Å²) in [6, 6.07) is 5.09. The van der Waals surface area contributed by atoms with Gasteiger partial charge in [-0.25, -0.2) is 4.98 Å². The lowest BCUT2D eigenvalue weighted by atomic mass is 10.0. The molecule has 0 fully saturated rings. The third-order valence-corrected chi connectivity index (χ3v) is 4.05. The van der Waals surface area contributed by atoms with Crippen molar-refractivity contribution in [3.63, 3.8) is 0 Å². The van der Waals surface area contributed by atoms with Gasteiger partial charge in [-0.2, -0.15) is 26.3 Å². The van der Waals surface area contributed by atoms with E-state index in [9.17, 15) is 26.3 Å². The predicted octanol–water partition coefficient (Wildman–Crippen LogP) is 6.57. The average molecular weight is 399 g/mol. The van der Waals surface area contributed by atoms with Crippen LogP contribution in [0, 0.1) is 0 Å². The number of H-pyrrole nitrogens is 1. The average Bonchev–Trinajstić information content (AvgIpc) is 2.88. The zero-order chi connectivity index (χ0) is 18.6. The molecule has 0 radical (unpaired) electrons. The van der Waals surface area contributed by atoms with Gasteiger partial charge >= 0.3 is 12.4 Å². The lowest BCUT2D eigenvalue weighted by Crippen LogP contribution is -2.06. The van der Waals surface area contributed by atoms with Crippen molar-refractivity contribution < 1.29 is 26.3 Å². The summed E-state index contributed by atoms with van der Waals surface area (Å²) in [5.41, 5.74) is -0.615. The summed E-state index contributed by atoms with van der Waals surface area (Å²) in [5, 5.41) is -0.214. The van der Waals surface area contributed by atoms with Crippen LogP contribution in [0.5, 0.6) is 0 Å². The molecule has 0 saturated carbocycles. The van der Waals surface area contributed by atoms with Crippen LogP contribution < -0.4 is 0 Å². The molecular formula is C15H6Cl2F6N2. The summed E-state index contributed by atoms with van der Waals surface area (Å²) in [4.78, 5) is 5.53. The van der Waals surface area contributed by atoms with Crippen LogP contribution in [0.2, 0.25) is 10.0 Å². The van der Waals surface area contributed by atoms with E-state index in [1.807, 2.05) is 0 Å². The number of aromatic nitrogens is 2. The van der Waals surface area contributed by atoms with Crippen LogP contribution >= 0.6 is 23.2 Å². The molecule has 2 nitrogen and oxygen atoms in total. The van der Waals surface area contributed by atoms with Gasteiger partial charge in [-0.1, -0.05) is 29.3 Å². The summed E-state index contributed by atoms with van der Waals surface area (Å²) >= 11 is 12.0. The van der Waals surface area contributed by atoms with Gasteiger partial charge < -0.3 is 4.98 Å². The number of benzene rings is 2. The first-order chi connectivity index (χ1) is 11.5. The molecule has 0 aliphatic rings. The highest BCUT2D eigenvalue weighted by atomic mass is 35.5. The van der Waals surface area contributed by atoms with E-state index in [1.54, 1.807) is 0 Å². The Morgan fingerprint density at radius 2 is 1.44 bits per heavy atom. The van der Waals surface area contributed by atoms with Crippen LogP contribution in [-0.2, 0) is 12.4 Å². The van der Waals surface area contributed by atoms with E-state index < -0.39 is 23.7 Å². The number of hydrogen-bond acceptors (Lipinski definition) is 1. The molecule has 0 aliphatic carbocycles. The zero-order valence-corrected chi connectivity index (χ0v) is 13.4. The second-order valence-corrected chi connectivity index (χ2v) is 5.94. The highest BCUT2D eigenvalue weighted by Gasteiger charge is 2.35.